The maximum atomic E-state index is 11.9. The van der Waals surface area contributed by atoms with Crippen molar-refractivity contribution in [1.82, 2.24) is 10.6 Å². The minimum atomic E-state index is -0.450. The van der Waals surface area contributed by atoms with Crippen molar-refractivity contribution >= 4 is 11.8 Å². The topological polar surface area (TPSA) is 84.2 Å². The number of rotatable bonds is 8. The first-order valence-corrected chi connectivity index (χ1v) is 6.69. The summed E-state index contributed by atoms with van der Waals surface area (Å²) in [5, 5.41) is 5.62. The lowest BCUT2D eigenvalue weighted by molar-refractivity contribution is -0.131. The van der Waals surface area contributed by atoms with Crippen LogP contribution >= 0.6 is 0 Å². The molecule has 0 bridgehead atoms. The average Bonchev–Trinajstić information content (AvgIpc) is 2.26. The highest BCUT2D eigenvalue weighted by atomic mass is 16.2. The predicted octanol–water partition coefficient (Wildman–Crippen LogP) is 0.781. The zero-order valence-electron chi connectivity index (χ0n) is 12.0. The Morgan fingerprint density at radius 2 is 1.61 bits per heavy atom. The number of nitrogens with one attached hydrogen (secondary N) is 2. The molecule has 2 amide bonds. The van der Waals surface area contributed by atoms with Gasteiger partial charge in [-0.25, -0.2) is 0 Å². The number of hydrogen-bond donors (Lipinski definition) is 3. The van der Waals surface area contributed by atoms with Crippen LogP contribution in [0, 0.1) is 5.92 Å². The SMILES string of the molecule is CC(C)NC(=O)C(CCCCN)NC(=O)C(C)C. The Bertz CT molecular complexity index is 265. The first-order chi connectivity index (χ1) is 8.38. The van der Waals surface area contributed by atoms with Crippen LogP contribution in [0.3, 0.4) is 0 Å². The molecule has 0 aliphatic rings. The zero-order chi connectivity index (χ0) is 14.1. The van der Waals surface area contributed by atoms with Gasteiger partial charge in [-0.15, -0.1) is 0 Å². The van der Waals surface area contributed by atoms with Crippen molar-refractivity contribution in [2.45, 2.75) is 59.0 Å². The quantitative estimate of drug-likeness (QED) is 0.562. The van der Waals surface area contributed by atoms with Crippen molar-refractivity contribution in [3.63, 3.8) is 0 Å². The summed E-state index contributed by atoms with van der Waals surface area (Å²) in [6.45, 7) is 8.04. The third kappa shape index (κ3) is 7.27. The van der Waals surface area contributed by atoms with Gasteiger partial charge in [-0.2, -0.15) is 0 Å². The highest BCUT2D eigenvalue weighted by Crippen LogP contribution is 2.03. The second-order valence-electron chi connectivity index (χ2n) is 5.16. The average molecular weight is 257 g/mol. The predicted molar refractivity (Wildman–Crippen MR) is 73.0 cm³/mol. The number of hydrogen-bond acceptors (Lipinski definition) is 3. The summed E-state index contributed by atoms with van der Waals surface area (Å²) in [7, 11) is 0. The Balaban J connectivity index is 4.41. The molecule has 1 atom stereocenters. The molecular weight excluding hydrogens is 230 g/mol. The van der Waals surface area contributed by atoms with Crippen molar-refractivity contribution in [1.29, 1.82) is 0 Å². The van der Waals surface area contributed by atoms with Gasteiger partial charge in [0.25, 0.3) is 0 Å². The minimum absolute atomic E-state index is 0.0745. The minimum Gasteiger partial charge on any atom is -0.352 e. The van der Waals surface area contributed by atoms with Crippen LogP contribution in [0.4, 0.5) is 0 Å². The number of nitrogens with two attached hydrogens (primary N) is 1. The zero-order valence-corrected chi connectivity index (χ0v) is 12.0. The van der Waals surface area contributed by atoms with E-state index in [1.807, 2.05) is 27.7 Å². The number of carbonyl (C=O) groups excluding carboxylic acids is 2. The lowest BCUT2D eigenvalue weighted by Gasteiger charge is -2.20. The molecule has 0 aliphatic carbocycles. The lowest BCUT2D eigenvalue weighted by atomic mass is 10.1. The summed E-state index contributed by atoms with van der Waals surface area (Å²) >= 11 is 0. The van der Waals surface area contributed by atoms with Crippen molar-refractivity contribution in [3.8, 4) is 0 Å². The van der Waals surface area contributed by atoms with Gasteiger partial charge >= 0.3 is 0 Å². The highest BCUT2D eigenvalue weighted by molar-refractivity contribution is 5.88. The van der Waals surface area contributed by atoms with Gasteiger partial charge in [0.1, 0.15) is 6.04 Å². The van der Waals surface area contributed by atoms with E-state index in [0.29, 0.717) is 13.0 Å². The first-order valence-electron chi connectivity index (χ1n) is 6.69. The van der Waals surface area contributed by atoms with E-state index >= 15 is 0 Å². The molecule has 18 heavy (non-hydrogen) atoms. The molecule has 0 heterocycles. The van der Waals surface area contributed by atoms with Crippen LogP contribution in [0.5, 0.6) is 0 Å². The first kappa shape index (κ1) is 16.9. The second-order valence-corrected chi connectivity index (χ2v) is 5.16. The van der Waals surface area contributed by atoms with Crippen LogP contribution in [0.25, 0.3) is 0 Å². The van der Waals surface area contributed by atoms with Crippen LogP contribution in [-0.4, -0.2) is 30.4 Å². The van der Waals surface area contributed by atoms with Crippen LogP contribution in [0.2, 0.25) is 0 Å². The molecule has 0 saturated carbocycles. The maximum Gasteiger partial charge on any atom is 0.242 e. The van der Waals surface area contributed by atoms with Crippen molar-refractivity contribution < 1.29 is 9.59 Å². The molecular formula is C13H27N3O2. The third-order valence-electron chi connectivity index (χ3n) is 2.54. The van der Waals surface area contributed by atoms with Gasteiger partial charge in [-0.1, -0.05) is 13.8 Å². The van der Waals surface area contributed by atoms with E-state index in [1.165, 1.54) is 0 Å². The van der Waals surface area contributed by atoms with Gasteiger partial charge in [0.05, 0.1) is 0 Å². The lowest BCUT2D eigenvalue weighted by Crippen LogP contribution is -2.49. The van der Waals surface area contributed by atoms with Gasteiger partial charge < -0.3 is 16.4 Å². The molecule has 0 fully saturated rings. The third-order valence-corrected chi connectivity index (χ3v) is 2.54. The van der Waals surface area contributed by atoms with E-state index in [2.05, 4.69) is 10.6 Å². The van der Waals surface area contributed by atoms with Crippen molar-refractivity contribution in [2.75, 3.05) is 6.54 Å². The van der Waals surface area contributed by atoms with E-state index in [4.69, 9.17) is 5.73 Å². The van der Waals surface area contributed by atoms with E-state index in [9.17, 15) is 9.59 Å². The Morgan fingerprint density at radius 3 is 2.06 bits per heavy atom. The fourth-order valence-corrected chi connectivity index (χ4v) is 1.49. The van der Waals surface area contributed by atoms with E-state index in [0.717, 1.165) is 12.8 Å². The molecule has 0 spiro atoms. The molecule has 0 aromatic heterocycles. The summed E-state index contributed by atoms with van der Waals surface area (Å²) in [5.74, 6) is -0.323. The molecule has 5 heteroatoms. The molecule has 0 rings (SSSR count). The van der Waals surface area contributed by atoms with Gasteiger partial charge in [0, 0.05) is 12.0 Å². The molecule has 0 aromatic rings. The molecule has 0 aromatic carbocycles. The Kier molecular flexibility index (Phi) is 8.37. The van der Waals surface area contributed by atoms with E-state index in [-0.39, 0.29) is 23.8 Å². The highest BCUT2D eigenvalue weighted by Gasteiger charge is 2.21. The van der Waals surface area contributed by atoms with Gasteiger partial charge in [0.15, 0.2) is 0 Å². The summed E-state index contributed by atoms with van der Waals surface area (Å²) < 4.78 is 0. The Morgan fingerprint density at radius 1 is 1.00 bits per heavy atom. The van der Waals surface area contributed by atoms with E-state index < -0.39 is 6.04 Å². The summed E-state index contributed by atoms with van der Waals surface area (Å²) in [6.07, 6.45) is 2.34. The number of carbonyl (C=O) groups is 2. The smallest absolute Gasteiger partial charge is 0.242 e. The van der Waals surface area contributed by atoms with Crippen LogP contribution in [-0.2, 0) is 9.59 Å². The summed E-state index contributed by atoms with van der Waals surface area (Å²) in [5.41, 5.74) is 5.43. The normalized spacial score (nSPS) is 12.6. The number of amides is 2. The molecule has 0 radical (unpaired) electrons. The molecule has 0 aliphatic heterocycles. The molecule has 106 valence electrons. The summed E-state index contributed by atoms with van der Waals surface area (Å²) in [4.78, 5) is 23.6. The van der Waals surface area contributed by atoms with Crippen molar-refractivity contribution in [2.24, 2.45) is 11.7 Å². The van der Waals surface area contributed by atoms with Crippen LogP contribution in [0.15, 0.2) is 0 Å². The maximum absolute atomic E-state index is 11.9. The molecule has 1 unspecified atom stereocenters. The Labute approximate surface area is 110 Å². The Hall–Kier alpha value is -1.10. The summed E-state index contributed by atoms with van der Waals surface area (Å²) in [6, 6.07) is -0.376. The van der Waals surface area contributed by atoms with E-state index in [1.54, 1.807) is 0 Å². The van der Waals surface area contributed by atoms with Crippen LogP contribution in [0.1, 0.15) is 47.0 Å². The second kappa shape index (κ2) is 8.91. The van der Waals surface area contributed by atoms with Gasteiger partial charge in [-0.3, -0.25) is 9.59 Å². The molecule has 0 saturated heterocycles. The molecule has 5 nitrogen and oxygen atoms in total. The van der Waals surface area contributed by atoms with Crippen LogP contribution < -0.4 is 16.4 Å². The standard InChI is InChI=1S/C13H27N3O2/c1-9(2)12(17)16-11(7-5-6-8-14)13(18)15-10(3)4/h9-11H,5-8,14H2,1-4H3,(H,15,18)(H,16,17). The molecule has 4 N–H and O–H groups in total. The monoisotopic (exact) mass is 257 g/mol. The van der Waals surface area contributed by atoms with Gasteiger partial charge in [0.2, 0.25) is 11.8 Å². The number of unbranched alkanes of at least 4 members (excludes halogenated alkanes) is 1. The largest absolute Gasteiger partial charge is 0.352 e. The van der Waals surface area contributed by atoms with Crippen molar-refractivity contribution in [3.05, 3.63) is 0 Å². The fraction of sp³-hybridized carbons (Fsp3) is 0.846. The fourth-order valence-electron chi connectivity index (χ4n) is 1.49. The van der Waals surface area contributed by atoms with Gasteiger partial charge in [-0.05, 0) is 39.7 Å².